The van der Waals surface area contributed by atoms with Crippen molar-refractivity contribution in [1.82, 2.24) is 15.3 Å². The first-order chi connectivity index (χ1) is 16.4. The van der Waals surface area contributed by atoms with Crippen LogP contribution in [0.2, 0.25) is 5.02 Å². The molecule has 3 aliphatic rings. The highest BCUT2D eigenvalue weighted by atomic mass is 35.5. The number of anilines is 1. The molecule has 2 aromatic rings. The van der Waals surface area contributed by atoms with Crippen molar-refractivity contribution in [2.75, 3.05) is 18.0 Å². The zero-order valence-electron chi connectivity index (χ0n) is 19.7. The zero-order chi connectivity index (χ0) is 23.7. The van der Waals surface area contributed by atoms with Gasteiger partial charge in [-0.05, 0) is 73.5 Å². The quantitative estimate of drug-likeness (QED) is 0.601. The number of aliphatic hydroxyl groups excluding tert-OH is 1. The molecule has 2 aliphatic carbocycles. The Morgan fingerprint density at radius 1 is 1.26 bits per heavy atom. The van der Waals surface area contributed by atoms with Crippen molar-refractivity contribution in [3.05, 3.63) is 46.1 Å². The number of benzene rings is 1. The Bertz CT molecular complexity index is 1050. The molecular formula is C26H33ClN4O3. The lowest BCUT2D eigenvalue weighted by Gasteiger charge is -2.27. The minimum Gasteiger partial charge on any atom is -0.472 e. The van der Waals surface area contributed by atoms with Crippen LogP contribution < -0.4 is 15.0 Å². The Hall–Kier alpha value is -2.38. The van der Waals surface area contributed by atoms with E-state index in [1.807, 2.05) is 6.07 Å². The molecule has 1 spiro atoms. The lowest BCUT2D eigenvalue weighted by Crippen LogP contribution is -2.37. The van der Waals surface area contributed by atoms with Gasteiger partial charge in [0.05, 0.1) is 6.61 Å². The van der Waals surface area contributed by atoms with Crippen LogP contribution in [0.25, 0.3) is 0 Å². The summed E-state index contributed by atoms with van der Waals surface area (Å²) in [6.45, 7) is 4.27. The van der Waals surface area contributed by atoms with Gasteiger partial charge in [0.15, 0.2) is 0 Å². The van der Waals surface area contributed by atoms with Crippen LogP contribution in [-0.4, -0.2) is 40.1 Å². The second-order valence-corrected chi connectivity index (χ2v) is 10.8. The molecule has 2 saturated carbocycles. The van der Waals surface area contributed by atoms with Gasteiger partial charge in [0, 0.05) is 30.4 Å². The van der Waals surface area contributed by atoms with Gasteiger partial charge < -0.3 is 20.1 Å². The molecule has 0 atom stereocenters. The lowest BCUT2D eigenvalue weighted by atomic mass is 9.87. The summed E-state index contributed by atoms with van der Waals surface area (Å²) < 4.78 is 6.09. The lowest BCUT2D eigenvalue weighted by molar-refractivity contribution is 0.0917. The van der Waals surface area contributed by atoms with E-state index < -0.39 is 0 Å². The highest BCUT2D eigenvalue weighted by molar-refractivity contribution is 6.31. The van der Waals surface area contributed by atoms with E-state index in [-0.39, 0.29) is 25.2 Å². The molecule has 182 valence electrons. The number of nitrogens with one attached hydrogen (secondary N) is 1. The Kier molecular flexibility index (Phi) is 6.67. The Morgan fingerprint density at radius 3 is 2.74 bits per heavy atom. The fraction of sp³-hybridized carbons (Fsp3) is 0.577. The van der Waals surface area contributed by atoms with E-state index in [0.717, 1.165) is 44.3 Å². The molecule has 2 N–H and O–H groups in total. The second kappa shape index (κ2) is 9.70. The predicted molar refractivity (Wildman–Crippen MR) is 131 cm³/mol. The third-order valence-electron chi connectivity index (χ3n) is 7.68. The topological polar surface area (TPSA) is 87.6 Å². The highest BCUT2D eigenvalue weighted by Crippen LogP contribution is 2.53. The summed E-state index contributed by atoms with van der Waals surface area (Å²) in [5.41, 5.74) is 2.32. The summed E-state index contributed by atoms with van der Waals surface area (Å²) in [5.74, 6) is 1.45. The van der Waals surface area contributed by atoms with Gasteiger partial charge in [0.2, 0.25) is 11.8 Å². The van der Waals surface area contributed by atoms with E-state index in [1.54, 1.807) is 18.3 Å². The molecule has 5 rings (SSSR count). The van der Waals surface area contributed by atoms with Crippen LogP contribution in [-0.2, 0) is 13.2 Å². The minimum absolute atomic E-state index is 0.114. The molecule has 0 unspecified atom stereocenters. The minimum atomic E-state index is -0.185. The number of hydrogen-bond acceptors (Lipinski definition) is 6. The molecule has 7 nitrogen and oxygen atoms in total. The molecule has 0 bridgehead atoms. The van der Waals surface area contributed by atoms with Crippen molar-refractivity contribution in [3.63, 3.8) is 0 Å². The molecule has 3 fully saturated rings. The van der Waals surface area contributed by atoms with E-state index in [4.69, 9.17) is 21.3 Å². The fourth-order valence-electron chi connectivity index (χ4n) is 5.09. The second-order valence-electron chi connectivity index (χ2n) is 10.4. The molecule has 0 radical (unpaired) electrons. The monoisotopic (exact) mass is 484 g/mol. The van der Waals surface area contributed by atoms with Gasteiger partial charge in [0.1, 0.15) is 12.2 Å². The van der Waals surface area contributed by atoms with Crippen molar-refractivity contribution >= 4 is 23.5 Å². The van der Waals surface area contributed by atoms with Gasteiger partial charge >= 0.3 is 0 Å². The van der Waals surface area contributed by atoms with Crippen LogP contribution >= 0.6 is 11.6 Å². The van der Waals surface area contributed by atoms with Crippen LogP contribution in [0.3, 0.4) is 0 Å². The maximum Gasteiger partial charge on any atom is 0.258 e. The predicted octanol–water partition coefficient (Wildman–Crippen LogP) is 4.50. The largest absolute Gasteiger partial charge is 0.472 e. The summed E-state index contributed by atoms with van der Waals surface area (Å²) in [6.07, 6.45) is 9.58. The SMILES string of the molecule is C[C@H]1CC[C@H](NC(=O)c2cnc(N3CCC4(CC4)C3)nc2OCc2ccc(CO)c(Cl)c2)CC1. The molecule has 1 amide bonds. The first kappa shape index (κ1) is 23.4. The molecule has 8 heteroatoms. The first-order valence-electron chi connectivity index (χ1n) is 12.4. The zero-order valence-corrected chi connectivity index (χ0v) is 20.5. The number of aromatic nitrogens is 2. The van der Waals surface area contributed by atoms with E-state index in [2.05, 4.69) is 22.1 Å². The molecule has 1 aromatic heterocycles. The van der Waals surface area contributed by atoms with Crippen molar-refractivity contribution in [2.45, 2.75) is 71.1 Å². The van der Waals surface area contributed by atoms with Crippen molar-refractivity contribution in [3.8, 4) is 5.88 Å². The van der Waals surface area contributed by atoms with Gasteiger partial charge in [-0.2, -0.15) is 4.98 Å². The number of carbonyl (C=O) groups excluding carboxylic acids is 1. The molecule has 1 aromatic carbocycles. The Balaban J connectivity index is 1.34. The third kappa shape index (κ3) is 5.15. The summed E-state index contributed by atoms with van der Waals surface area (Å²) >= 11 is 6.24. The van der Waals surface area contributed by atoms with Crippen molar-refractivity contribution < 1.29 is 14.6 Å². The number of ether oxygens (including phenoxy) is 1. The molecule has 2 heterocycles. The van der Waals surface area contributed by atoms with Crippen LogP contribution in [0.15, 0.2) is 24.4 Å². The standard InChI is InChI=1S/C26H33ClN4O3/c1-17-2-6-20(7-3-17)29-23(33)21-13-28-25(31-11-10-26(16-31)8-9-26)30-24(21)34-15-18-4-5-19(14-32)22(27)12-18/h4-5,12-13,17,20,32H,2-3,6-11,14-16H2,1H3,(H,29,33)/t17-,20-. The average molecular weight is 485 g/mol. The van der Waals surface area contributed by atoms with E-state index >= 15 is 0 Å². The van der Waals surface area contributed by atoms with Crippen LogP contribution in [0.1, 0.15) is 73.4 Å². The maximum atomic E-state index is 13.2. The third-order valence-corrected chi connectivity index (χ3v) is 8.03. The normalized spacial score (nSPS) is 23.2. The number of nitrogens with zero attached hydrogens (tertiary/aromatic N) is 3. The summed E-state index contributed by atoms with van der Waals surface area (Å²) in [5, 5.41) is 13.0. The van der Waals surface area contributed by atoms with Gasteiger partial charge in [-0.3, -0.25) is 4.79 Å². The van der Waals surface area contributed by atoms with E-state index in [9.17, 15) is 9.90 Å². The molecule has 1 saturated heterocycles. The van der Waals surface area contributed by atoms with Crippen LogP contribution in [0.5, 0.6) is 5.88 Å². The molecule has 1 aliphatic heterocycles. The number of amides is 1. The number of hydrogen-bond donors (Lipinski definition) is 2. The number of halogens is 1. The first-order valence-corrected chi connectivity index (χ1v) is 12.8. The maximum absolute atomic E-state index is 13.2. The number of carbonyl (C=O) groups is 1. The van der Waals surface area contributed by atoms with Gasteiger partial charge in [-0.1, -0.05) is 30.7 Å². The van der Waals surface area contributed by atoms with Gasteiger partial charge in [-0.15, -0.1) is 0 Å². The van der Waals surface area contributed by atoms with Crippen molar-refractivity contribution in [1.29, 1.82) is 0 Å². The Morgan fingerprint density at radius 2 is 2.06 bits per heavy atom. The average Bonchev–Trinajstić information content (AvgIpc) is 3.47. The smallest absolute Gasteiger partial charge is 0.258 e. The van der Waals surface area contributed by atoms with Crippen LogP contribution in [0, 0.1) is 11.3 Å². The summed E-state index contributed by atoms with van der Waals surface area (Å²) in [6, 6.07) is 5.59. The molecular weight excluding hydrogens is 452 g/mol. The molecule has 34 heavy (non-hydrogen) atoms. The van der Waals surface area contributed by atoms with Gasteiger partial charge in [0.25, 0.3) is 5.91 Å². The van der Waals surface area contributed by atoms with Crippen LogP contribution in [0.4, 0.5) is 5.95 Å². The number of rotatable bonds is 7. The number of aliphatic hydroxyl groups is 1. The van der Waals surface area contributed by atoms with Crippen molar-refractivity contribution in [2.24, 2.45) is 11.3 Å². The highest BCUT2D eigenvalue weighted by Gasteiger charge is 2.48. The fourth-order valence-corrected chi connectivity index (χ4v) is 5.36. The van der Waals surface area contributed by atoms with E-state index in [1.165, 1.54) is 19.3 Å². The Labute approximate surface area is 205 Å². The van der Waals surface area contributed by atoms with E-state index in [0.29, 0.717) is 39.3 Å². The van der Waals surface area contributed by atoms with Gasteiger partial charge in [-0.25, -0.2) is 4.98 Å². The summed E-state index contributed by atoms with van der Waals surface area (Å²) in [4.78, 5) is 24.6. The summed E-state index contributed by atoms with van der Waals surface area (Å²) in [7, 11) is 0.